The van der Waals surface area contributed by atoms with Crippen molar-refractivity contribution in [1.82, 2.24) is 0 Å². The fourth-order valence-electron chi connectivity index (χ4n) is 0.380. The molecule has 0 bridgehead atoms. The number of rotatable bonds is 3. The molecule has 0 aromatic rings. The van der Waals surface area contributed by atoms with Gasteiger partial charge in [0.1, 0.15) is 0 Å². The summed E-state index contributed by atoms with van der Waals surface area (Å²) in [5.74, 6) is 4.24. The first kappa shape index (κ1) is 11.5. The van der Waals surface area contributed by atoms with Gasteiger partial charge in [0.25, 0.3) is 0 Å². The van der Waals surface area contributed by atoms with Crippen molar-refractivity contribution in [3.63, 3.8) is 0 Å². The molecule has 0 radical (unpaired) electrons. The lowest BCUT2D eigenvalue weighted by molar-refractivity contribution is -0.144. The van der Waals surface area contributed by atoms with Crippen LogP contribution in [0.25, 0.3) is 0 Å². The zero-order valence-corrected chi connectivity index (χ0v) is 6.24. The van der Waals surface area contributed by atoms with Gasteiger partial charge in [-0.3, -0.25) is 4.79 Å². The summed E-state index contributed by atoms with van der Waals surface area (Å²) in [4.78, 5) is 14.1. The van der Waals surface area contributed by atoms with Crippen molar-refractivity contribution in [2.24, 2.45) is 5.90 Å². The van der Waals surface area contributed by atoms with Crippen molar-refractivity contribution in [2.45, 2.75) is 26.2 Å². The van der Waals surface area contributed by atoms with E-state index in [9.17, 15) is 4.79 Å². The van der Waals surface area contributed by atoms with Crippen molar-refractivity contribution in [2.75, 3.05) is 0 Å². The maximum atomic E-state index is 10.2. The zero-order valence-electron chi connectivity index (χ0n) is 5.42. The van der Waals surface area contributed by atoms with E-state index < -0.39 is 0 Å². The van der Waals surface area contributed by atoms with E-state index >= 15 is 0 Å². The Morgan fingerprint density at radius 3 is 2.56 bits per heavy atom. The highest BCUT2D eigenvalue weighted by Gasteiger charge is 1.96. The minimum atomic E-state index is -0.327. The SMILES string of the molecule is CCCCC(=O)ON.Cl. The van der Waals surface area contributed by atoms with E-state index in [2.05, 4.69) is 10.7 Å². The third-order valence-corrected chi connectivity index (χ3v) is 0.866. The molecule has 4 heteroatoms. The summed E-state index contributed by atoms with van der Waals surface area (Å²) in [6.07, 6.45) is 2.29. The lowest BCUT2D eigenvalue weighted by Gasteiger charge is -1.92. The number of unbranched alkanes of at least 4 members (excludes halogenated alkanes) is 1. The lowest BCUT2D eigenvalue weighted by atomic mass is 10.3. The largest absolute Gasteiger partial charge is 0.373 e. The molecule has 0 aromatic heterocycles. The molecule has 0 unspecified atom stereocenters. The van der Waals surface area contributed by atoms with Gasteiger partial charge in [-0.25, -0.2) is 0 Å². The van der Waals surface area contributed by atoms with E-state index in [4.69, 9.17) is 0 Å². The van der Waals surface area contributed by atoms with Crippen LogP contribution >= 0.6 is 12.4 Å². The lowest BCUT2D eigenvalue weighted by Crippen LogP contribution is -2.08. The Kier molecular flexibility index (Phi) is 9.87. The summed E-state index contributed by atoms with van der Waals surface area (Å²) in [6.45, 7) is 2.00. The molecule has 3 nitrogen and oxygen atoms in total. The molecule has 0 aliphatic heterocycles. The van der Waals surface area contributed by atoms with Crippen LogP contribution in [0, 0.1) is 0 Å². The van der Waals surface area contributed by atoms with Crippen molar-refractivity contribution < 1.29 is 9.63 Å². The fourth-order valence-corrected chi connectivity index (χ4v) is 0.380. The van der Waals surface area contributed by atoms with E-state index in [0.29, 0.717) is 6.42 Å². The van der Waals surface area contributed by atoms with Gasteiger partial charge in [0.05, 0.1) is 0 Å². The maximum absolute atomic E-state index is 10.2. The van der Waals surface area contributed by atoms with Crippen LogP contribution in [0.5, 0.6) is 0 Å². The standard InChI is InChI=1S/C5H11NO2.ClH/c1-2-3-4-5(7)8-6;/h2-4,6H2,1H3;1H. The van der Waals surface area contributed by atoms with Gasteiger partial charge in [-0.05, 0) is 6.42 Å². The number of hydrogen-bond acceptors (Lipinski definition) is 3. The van der Waals surface area contributed by atoms with Gasteiger partial charge >= 0.3 is 5.97 Å². The van der Waals surface area contributed by atoms with Gasteiger partial charge in [0, 0.05) is 6.42 Å². The van der Waals surface area contributed by atoms with Gasteiger partial charge in [-0.2, -0.15) is 5.90 Å². The first-order chi connectivity index (χ1) is 3.81. The predicted molar refractivity (Wildman–Crippen MR) is 37.1 cm³/mol. The van der Waals surface area contributed by atoms with Crippen LogP contribution in [-0.2, 0) is 9.63 Å². The molecular weight excluding hydrogens is 142 g/mol. The molecule has 56 valence electrons. The first-order valence-corrected chi connectivity index (χ1v) is 2.70. The molecule has 0 spiro atoms. The van der Waals surface area contributed by atoms with E-state index in [1.807, 2.05) is 6.92 Å². The molecule has 0 aliphatic rings. The summed E-state index contributed by atoms with van der Waals surface area (Å²) >= 11 is 0. The van der Waals surface area contributed by atoms with Gasteiger partial charge in [-0.1, -0.05) is 13.3 Å². The highest BCUT2D eigenvalue weighted by atomic mass is 35.5. The minimum Gasteiger partial charge on any atom is -0.373 e. The Morgan fingerprint density at radius 1 is 1.67 bits per heavy atom. The third-order valence-electron chi connectivity index (χ3n) is 0.866. The minimum absolute atomic E-state index is 0. The van der Waals surface area contributed by atoms with E-state index in [-0.39, 0.29) is 18.4 Å². The second-order valence-electron chi connectivity index (χ2n) is 1.59. The number of carbonyl (C=O) groups excluding carboxylic acids is 1. The first-order valence-electron chi connectivity index (χ1n) is 2.70. The Bertz CT molecular complexity index is 77.4. The Morgan fingerprint density at radius 2 is 2.22 bits per heavy atom. The molecular formula is C5H12ClNO2. The van der Waals surface area contributed by atoms with E-state index in [1.54, 1.807) is 0 Å². The average molecular weight is 154 g/mol. The van der Waals surface area contributed by atoms with E-state index in [0.717, 1.165) is 12.8 Å². The van der Waals surface area contributed by atoms with Crippen LogP contribution in [0.4, 0.5) is 0 Å². The molecule has 0 heterocycles. The molecule has 0 atom stereocenters. The van der Waals surface area contributed by atoms with Gasteiger partial charge < -0.3 is 4.84 Å². The molecule has 0 saturated heterocycles. The molecule has 0 saturated carbocycles. The second-order valence-corrected chi connectivity index (χ2v) is 1.59. The van der Waals surface area contributed by atoms with Gasteiger partial charge in [0.2, 0.25) is 0 Å². The smallest absolute Gasteiger partial charge is 0.324 e. The number of halogens is 1. The molecule has 0 amide bonds. The van der Waals surface area contributed by atoms with E-state index in [1.165, 1.54) is 0 Å². The van der Waals surface area contributed by atoms with Crippen LogP contribution in [-0.4, -0.2) is 5.97 Å². The zero-order chi connectivity index (χ0) is 6.41. The molecule has 0 aliphatic carbocycles. The predicted octanol–water partition coefficient (Wildman–Crippen LogP) is 1.02. The monoisotopic (exact) mass is 153 g/mol. The third kappa shape index (κ3) is 7.72. The van der Waals surface area contributed by atoms with Crippen molar-refractivity contribution in [3.8, 4) is 0 Å². The van der Waals surface area contributed by atoms with Crippen molar-refractivity contribution in [3.05, 3.63) is 0 Å². The van der Waals surface area contributed by atoms with Crippen LogP contribution in [0.3, 0.4) is 0 Å². The Hall–Kier alpha value is -0.280. The highest BCUT2D eigenvalue weighted by molar-refractivity contribution is 5.85. The maximum Gasteiger partial charge on any atom is 0.324 e. The van der Waals surface area contributed by atoms with Crippen LogP contribution in [0.2, 0.25) is 0 Å². The van der Waals surface area contributed by atoms with Crippen LogP contribution < -0.4 is 5.90 Å². The quantitative estimate of drug-likeness (QED) is 0.616. The molecule has 0 fully saturated rings. The number of carbonyl (C=O) groups is 1. The number of hydrogen-bond donors (Lipinski definition) is 1. The van der Waals surface area contributed by atoms with Crippen LogP contribution in [0.1, 0.15) is 26.2 Å². The molecule has 0 aromatic carbocycles. The summed E-state index contributed by atoms with van der Waals surface area (Å²) in [5, 5.41) is 0. The normalized spacial score (nSPS) is 7.78. The van der Waals surface area contributed by atoms with Gasteiger partial charge in [-0.15, -0.1) is 12.4 Å². The molecule has 2 N–H and O–H groups in total. The average Bonchev–Trinajstić information content (AvgIpc) is 1.83. The van der Waals surface area contributed by atoms with Crippen molar-refractivity contribution in [1.29, 1.82) is 0 Å². The second kappa shape index (κ2) is 7.72. The molecule has 0 rings (SSSR count). The topological polar surface area (TPSA) is 52.3 Å². The Balaban J connectivity index is 0. The fraction of sp³-hybridized carbons (Fsp3) is 0.800. The van der Waals surface area contributed by atoms with Crippen molar-refractivity contribution >= 4 is 18.4 Å². The van der Waals surface area contributed by atoms with Crippen LogP contribution in [0.15, 0.2) is 0 Å². The van der Waals surface area contributed by atoms with Gasteiger partial charge in [0.15, 0.2) is 0 Å². The molecule has 9 heavy (non-hydrogen) atoms. The summed E-state index contributed by atoms with van der Waals surface area (Å²) in [6, 6.07) is 0. The summed E-state index contributed by atoms with van der Waals surface area (Å²) in [5.41, 5.74) is 0. The summed E-state index contributed by atoms with van der Waals surface area (Å²) in [7, 11) is 0. The summed E-state index contributed by atoms with van der Waals surface area (Å²) < 4.78 is 0. The highest BCUT2D eigenvalue weighted by Crippen LogP contribution is 1.93. The number of nitrogens with two attached hydrogens (primary N) is 1. The Labute approximate surface area is 60.9 Å².